The van der Waals surface area contributed by atoms with Gasteiger partial charge in [0.25, 0.3) is 0 Å². The van der Waals surface area contributed by atoms with Crippen LogP contribution in [0.5, 0.6) is 0 Å². The van der Waals surface area contributed by atoms with Crippen LogP contribution in [0.3, 0.4) is 0 Å². The normalized spacial score (nSPS) is 22.1. The molecule has 50 heavy (non-hydrogen) atoms. The molecular weight excluding hydrogens is 615 g/mol. The molecule has 0 amide bonds. The van der Waals surface area contributed by atoms with Crippen LogP contribution >= 0.6 is 0 Å². The van der Waals surface area contributed by atoms with Crippen molar-refractivity contribution in [2.75, 3.05) is 26.2 Å². The molecule has 0 saturated carbocycles. The van der Waals surface area contributed by atoms with Crippen molar-refractivity contribution in [3.8, 4) is 0 Å². The van der Waals surface area contributed by atoms with Crippen LogP contribution in [0, 0.1) is 0 Å². The number of β-amino-alcohol motifs (C(OH)–C–C–N with tert-alkyl or cyclic N) is 1. The molecule has 290 valence electrons. The van der Waals surface area contributed by atoms with E-state index in [-0.39, 0.29) is 18.0 Å². The zero-order valence-electron chi connectivity index (χ0n) is 33.3. The number of nitrogens with zero attached hydrogens (tertiary/aromatic N) is 1. The first-order valence-electron chi connectivity index (χ1n) is 22.0. The summed E-state index contributed by atoms with van der Waals surface area (Å²) in [6.45, 7) is 8.21. The summed E-state index contributed by atoms with van der Waals surface area (Å²) in [7, 11) is 0. The van der Waals surface area contributed by atoms with E-state index >= 15 is 0 Å². The molecule has 2 atom stereocenters. The molecule has 4 nitrogen and oxygen atoms in total. The lowest BCUT2D eigenvalue weighted by Crippen LogP contribution is -2.40. The molecule has 0 aliphatic carbocycles. The summed E-state index contributed by atoms with van der Waals surface area (Å²) in [6, 6.07) is 0. The van der Waals surface area contributed by atoms with E-state index in [1.54, 1.807) is 0 Å². The summed E-state index contributed by atoms with van der Waals surface area (Å²) >= 11 is 0. The van der Waals surface area contributed by atoms with Crippen molar-refractivity contribution < 1.29 is 14.6 Å². The second-order valence-electron chi connectivity index (χ2n) is 15.5. The summed E-state index contributed by atoms with van der Waals surface area (Å²) in [6.07, 6.45) is 54.7. The number of piperidine rings is 1. The molecule has 1 N–H and O–H groups in total. The predicted molar refractivity (Wildman–Crippen MR) is 218 cm³/mol. The van der Waals surface area contributed by atoms with Crippen molar-refractivity contribution in [1.29, 1.82) is 0 Å². The van der Waals surface area contributed by atoms with Gasteiger partial charge in [0, 0.05) is 25.9 Å². The second kappa shape index (κ2) is 32.5. The Morgan fingerprint density at radius 3 is 1.54 bits per heavy atom. The van der Waals surface area contributed by atoms with Gasteiger partial charge in [-0.1, -0.05) is 140 Å². The van der Waals surface area contributed by atoms with Crippen molar-refractivity contribution in [2.24, 2.45) is 0 Å². The topological polar surface area (TPSA) is 41.9 Å². The van der Waals surface area contributed by atoms with Gasteiger partial charge in [-0.3, -0.25) is 0 Å². The van der Waals surface area contributed by atoms with Gasteiger partial charge in [0.1, 0.15) is 0 Å². The zero-order chi connectivity index (χ0) is 35.6. The summed E-state index contributed by atoms with van der Waals surface area (Å²) in [5.74, 6) is -0.365. The number of allylic oxidation sites excluding steroid dienone is 8. The van der Waals surface area contributed by atoms with Crippen LogP contribution in [0.15, 0.2) is 48.6 Å². The maximum atomic E-state index is 10.1. The first kappa shape index (κ1) is 45.0. The molecule has 0 radical (unpaired) electrons. The van der Waals surface area contributed by atoms with Gasteiger partial charge in [-0.15, -0.1) is 0 Å². The standard InChI is InChI=1S/C46H83NO3/c1-3-5-7-9-11-13-15-17-19-21-23-25-27-29-31-33-38-46(49-43-45(50-46)37-41-47-40-35-36-44(48)42-47)39-34-32-30-28-26-24-22-20-18-16-14-12-10-8-6-4-2/h11-14,17-20,44-45,48H,3-10,15-16,21-43H2,1-2H3. The minimum Gasteiger partial charge on any atom is -0.392 e. The number of ether oxygens (including phenoxy) is 2. The van der Waals surface area contributed by atoms with Gasteiger partial charge in [-0.2, -0.15) is 0 Å². The SMILES string of the molecule is CCCCCC=CCC=CCCCCCCCCC1(CCCCCCCCC=CCC=CCCCCC)OCC(CCN2CCCC(O)C2)O1. The molecule has 2 aliphatic heterocycles. The highest BCUT2D eigenvalue weighted by Gasteiger charge is 2.40. The highest BCUT2D eigenvalue weighted by Crippen LogP contribution is 2.36. The quantitative estimate of drug-likeness (QED) is 0.0547. The van der Waals surface area contributed by atoms with Crippen LogP contribution in [0.25, 0.3) is 0 Å². The van der Waals surface area contributed by atoms with E-state index in [1.807, 2.05) is 0 Å². The fourth-order valence-electron chi connectivity index (χ4n) is 7.47. The molecule has 0 aromatic carbocycles. The van der Waals surface area contributed by atoms with E-state index < -0.39 is 0 Å². The third-order valence-electron chi connectivity index (χ3n) is 10.7. The molecule has 0 bridgehead atoms. The van der Waals surface area contributed by atoms with Crippen molar-refractivity contribution in [1.82, 2.24) is 4.90 Å². The number of hydrogen-bond acceptors (Lipinski definition) is 4. The molecule has 2 heterocycles. The van der Waals surface area contributed by atoms with Crippen LogP contribution < -0.4 is 0 Å². The van der Waals surface area contributed by atoms with Gasteiger partial charge in [-0.05, 0) is 103 Å². The number of hydrogen-bond donors (Lipinski definition) is 1. The largest absolute Gasteiger partial charge is 0.392 e. The highest BCUT2D eigenvalue weighted by molar-refractivity contribution is 4.93. The maximum absolute atomic E-state index is 10.1. The molecular formula is C46H83NO3. The van der Waals surface area contributed by atoms with E-state index in [0.29, 0.717) is 0 Å². The van der Waals surface area contributed by atoms with Crippen molar-refractivity contribution in [3.05, 3.63) is 48.6 Å². The van der Waals surface area contributed by atoms with Crippen LogP contribution in [-0.2, 0) is 9.47 Å². The molecule has 2 fully saturated rings. The molecule has 0 aromatic rings. The fourth-order valence-corrected chi connectivity index (χ4v) is 7.47. The fraction of sp³-hybridized carbons (Fsp3) is 0.826. The summed E-state index contributed by atoms with van der Waals surface area (Å²) in [4.78, 5) is 2.42. The molecule has 2 saturated heterocycles. The highest BCUT2D eigenvalue weighted by atomic mass is 16.7. The lowest BCUT2D eigenvalue weighted by Gasteiger charge is -2.31. The minimum atomic E-state index is -0.365. The van der Waals surface area contributed by atoms with Gasteiger partial charge in [0.2, 0.25) is 0 Å². The maximum Gasteiger partial charge on any atom is 0.168 e. The lowest BCUT2D eigenvalue weighted by atomic mass is 9.98. The van der Waals surface area contributed by atoms with E-state index in [2.05, 4.69) is 67.4 Å². The average molecular weight is 698 g/mol. The number of unbranched alkanes of at least 4 members (excludes halogenated alkanes) is 18. The Kier molecular flexibility index (Phi) is 29.2. The van der Waals surface area contributed by atoms with Gasteiger partial charge >= 0.3 is 0 Å². The summed E-state index contributed by atoms with van der Waals surface area (Å²) < 4.78 is 13.3. The Labute approximate surface area is 311 Å². The second-order valence-corrected chi connectivity index (χ2v) is 15.5. The summed E-state index contributed by atoms with van der Waals surface area (Å²) in [5, 5.41) is 10.1. The Balaban J connectivity index is 1.59. The van der Waals surface area contributed by atoms with Gasteiger partial charge < -0.3 is 19.5 Å². The van der Waals surface area contributed by atoms with Crippen LogP contribution in [-0.4, -0.2) is 54.2 Å². The first-order valence-corrected chi connectivity index (χ1v) is 22.0. The predicted octanol–water partition coefficient (Wildman–Crippen LogP) is 13.4. The van der Waals surface area contributed by atoms with Crippen molar-refractivity contribution >= 4 is 0 Å². The smallest absolute Gasteiger partial charge is 0.168 e. The minimum absolute atomic E-state index is 0.156. The van der Waals surface area contributed by atoms with Crippen molar-refractivity contribution in [3.63, 3.8) is 0 Å². The Morgan fingerprint density at radius 1 is 0.600 bits per heavy atom. The van der Waals surface area contributed by atoms with Crippen LogP contribution in [0.4, 0.5) is 0 Å². The van der Waals surface area contributed by atoms with Gasteiger partial charge in [0.05, 0.1) is 18.8 Å². The Hall–Kier alpha value is -1.20. The number of likely N-dealkylation sites (tertiary alicyclic amines) is 1. The van der Waals surface area contributed by atoms with E-state index in [1.165, 1.54) is 141 Å². The molecule has 4 heteroatoms. The average Bonchev–Trinajstić information content (AvgIpc) is 3.53. The van der Waals surface area contributed by atoms with E-state index in [0.717, 1.165) is 71.2 Å². The van der Waals surface area contributed by atoms with E-state index in [9.17, 15) is 5.11 Å². The number of aliphatic hydroxyl groups is 1. The van der Waals surface area contributed by atoms with E-state index in [4.69, 9.17) is 9.47 Å². The number of aliphatic hydroxyl groups excluding tert-OH is 1. The van der Waals surface area contributed by atoms with Crippen molar-refractivity contribution in [2.45, 2.75) is 218 Å². The van der Waals surface area contributed by atoms with Gasteiger partial charge in [0.15, 0.2) is 5.79 Å². The Morgan fingerprint density at radius 2 is 1.06 bits per heavy atom. The number of rotatable bonds is 33. The third kappa shape index (κ3) is 24.9. The Bertz CT molecular complexity index is 815. The molecule has 0 spiro atoms. The molecule has 2 rings (SSSR count). The van der Waals surface area contributed by atoms with Crippen LogP contribution in [0.2, 0.25) is 0 Å². The summed E-state index contributed by atoms with van der Waals surface area (Å²) in [5.41, 5.74) is 0. The molecule has 2 unspecified atom stereocenters. The lowest BCUT2D eigenvalue weighted by molar-refractivity contribution is -0.180. The zero-order valence-corrected chi connectivity index (χ0v) is 33.3. The van der Waals surface area contributed by atoms with Gasteiger partial charge in [-0.25, -0.2) is 0 Å². The first-order chi connectivity index (χ1) is 24.7. The third-order valence-corrected chi connectivity index (χ3v) is 10.7. The van der Waals surface area contributed by atoms with Crippen LogP contribution in [0.1, 0.15) is 200 Å². The molecule has 2 aliphatic rings. The monoisotopic (exact) mass is 698 g/mol. The molecule has 0 aromatic heterocycles.